The van der Waals surface area contributed by atoms with Crippen LogP contribution in [-0.2, 0) is 16.7 Å². The molecule has 1 aromatic rings. The number of imidazole rings is 1. The molecule has 116 valence electrons. The van der Waals surface area contributed by atoms with Gasteiger partial charge in [0.05, 0.1) is 5.54 Å². The maximum atomic E-state index is 13.5. The van der Waals surface area contributed by atoms with E-state index in [0.717, 1.165) is 5.69 Å². The lowest BCUT2D eigenvalue weighted by molar-refractivity contribution is 0.0465. The van der Waals surface area contributed by atoms with Crippen molar-refractivity contribution in [3.8, 4) is 0 Å². The van der Waals surface area contributed by atoms with E-state index in [1.807, 2.05) is 13.8 Å². The molecular formula is C15H22FN3O2. The molecular weight excluding hydrogens is 273 g/mol. The summed E-state index contributed by atoms with van der Waals surface area (Å²) < 4.78 is 20.5. The van der Waals surface area contributed by atoms with Crippen LogP contribution in [0.15, 0.2) is 12.0 Å². The number of alkyl carbamates (subject to hydrolysis) is 1. The maximum absolute atomic E-state index is 13.5. The minimum Gasteiger partial charge on any atom is -0.444 e. The van der Waals surface area contributed by atoms with E-state index in [0.29, 0.717) is 18.7 Å². The van der Waals surface area contributed by atoms with Crippen LogP contribution in [0, 0.1) is 0 Å². The summed E-state index contributed by atoms with van der Waals surface area (Å²) >= 11 is 0. The molecule has 1 N–H and O–H groups in total. The van der Waals surface area contributed by atoms with Gasteiger partial charge >= 0.3 is 6.09 Å². The van der Waals surface area contributed by atoms with E-state index in [9.17, 15) is 9.18 Å². The van der Waals surface area contributed by atoms with Crippen LogP contribution in [0.4, 0.5) is 9.18 Å². The second-order valence-corrected chi connectivity index (χ2v) is 6.77. The number of carbonyl (C=O) groups is 1. The molecule has 1 aliphatic rings. The van der Waals surface area contributed by atoms with Crippen molar-refractivity contribution in [2.24, 2.45) is 0 Å². The van der Waals surface area contributed by atoms with Gasteiger partial charge in [0, 0.05) is 24.5 Å². The van der Waals surface area contributed by atoms with Gasteiger partial charge in [-0.3, -0.25) is 0 Å². The molecule has 1 amide bonds. The van der Waals surface area contributed by atoms with Gasteiger partial charge in [-0.15, -0.1) is 0 Å². The first-order valence-corrected chi connectivity index (χ1v) is 7.02. The Morgan fingerprint density at radius 1 is 1.33 bits per heavy atom. The Hall–Kier alpha value is -1.85. The number of nitrogens with zero attached hydrogens (tertiary/aromatic N) is 2. The number of amides is 1. The molecule has 0 spiro atoms. The lowest BCUT2D eigenvalue weighted by atomic mass is 10.0. The van der Waals surface area contributed by atoms with Crippen LogP contribution >= 0.6 is 0 Å². The summed E-state index contributed by atoms with van der Waals surface area (Å²) in [5.74, 6) is 0.396. The zero-order valence-electron chi connectivity index (χ0n) is 13.2. The lowest BCUT2D eigenvalue weighted by Gasteiger charge is -2.29. The van der Waals surface area contributed by atoms with Gasteiger partial charge in [0.15, 0.2) is 0 Å². The number of fused-ring (bicyclic) bond motifs is 1. The fourth-order valence-corrected chi connectivity index (χ4v) is 2.25. The van der Waals surface area contributed by atoms with Crippen molar-refractivity contribution in [3.63, 3.8) is 0 Å². The van der Waals surface area contributed by atoms with Gasteiger partial charge in [0.2, 0.25) is 0 Å². The van der Waals surface area contributed by atoms with Crippen LogP contribution < -0.4 is 5.32 Å². The molecule has 0 bridgehead atoms. The fourth-order valence-electron chi connectivity index (χ4n) is 2.25. The minimum atomic E-state index is -0.769. The summed E-state index contributed by atoms with van der Waals surface area (Å²) in [4.78, 5) is 16.3. The highest BCUT2D eigenvalue weighted by Gasteiger charge is 2.31. The maximum Gasteiger partial charge on any atom is 0.408 e. The van der Waals surface area contributed by atoms with Crippen molar-refractivity contribution < 1.29 is 13.9 Å². The van der Waals surface area contributed by atoms with Gasteiger partial charge in [0.1, 0.15) is 17.3 Å². The van der Waals surface area contributed by atoms with Gasteiger partial charge in [-0.05, 0) is 41.0 Å². The molecule has 21 heavy (non-hydrogen) atoms. The van der Waals surface area contributed by atoms with Gasteiger partial charge in [-0.2, -0.15) is 0 Å². The second-order valence-electron chi connectivity index (χ2n) is 6.77. The monoisotopic (exact) mass is 295 g/mol. The lowest BCUT2D eigenvalue weighted by Crippen LogP contribution is -2.45. The van der Waals surface area contributed by atoms with E-state index in [1.54, 1.807) is 31.5 Å². The molecule has 0 aliphatic carbocycles. The van der Waals surface area contributed by atoms with Crippen molar-refractivity contribution in [1.29, 1.82) is 0 Å². The van der Waals surface area contributed by atoms with Crippen LogP contribution in [-0.4, -0.2) is 21.2 Å². The average Bonchev–Trinajstić information content (AvgIpc) is 2.68. The van der Waals surface area contributed by atoms with E-state index >= 15 is 0 Å². The average molecular weight is 295 g/mol. The van der Waals surface area contributed by atoms with E-state index < -0.39 is 17.2 Å². The molecule has 2 rings (SSSR count). The number of hydrogen-bond acceptors (Lipinski definition) is 3. The first kappa shape index (κ1) is 15.5. The molecule has 0 radical (unpaired) electrons. The number of hydrogen-bond donors (Lipinski definition) is 1. The minimum absolute atomic E-state index is 0.185. The van der Waals surface area contributed by atoms with Crippen molar-refractivity contribution in [2.75, 3.05) is 0 Å². The first-order valence-electron chi connectivity index (χ1n) is 7.02. The second kappa shape index (κ2) is 5.16. The van der Waals surface area contributed by atoms with Gasteiger partial charge in [-0.25, -0.2) is 14.2 Å². The normalized spacial score (nSPS) is 15.2. The summed E-state index contributed by atoms with van der Waals surface area (Å²) in [5.41, 5.74) is -0.405. The highest BCUT2D eigenvalue weighted by atomic mass is 19.1. The predicted molar refractivity (Wildman–Crippen MR) is 78.3 cm³/mol. The standard InChI is InChI=1S/C15H22FN3O2/c1-14(2,3)21-13(20)18-15(4,5)12-17-8-11-7-6-10(16)9-19(11)12/h8-9H,6-7H2,1-5H3,(H,18,20). The number of allylic oxidation sites excluding steroid dienone is 1. The fraction of sp³-hybridized carbons (Fsp3) is 0.600. The third-order valence-corrected chi connectivity index (χ3v) is 3.14. The molecule has 0 saturated heterocycles. The first-order chi connectivity index (χ1) is 9.58. The van der Waals surface area contributed by atoms with Crippen molar-refractivity contribution >= 4 is 12.3 Å². The largest absolute Gasteiger partial charge is 0.444 e. The quantitative estimate of drug-likeness (QED) is 0.910. The number of carbonyl (C=O) groups excluding carboxylic acids is 1. The smallest absolute Gasteiger partial charge is 0.408 e. The van der Waals surface area contributed by atoms with E-state index in [-0.39, 0.29) is 5.83 Å². The summed E-state index contributed by atoms with van der Waals surface area (Å²) in [5, 5.41) is 2.78. The van der Waals surface area contributed by atoms with Crippen LogP contribution in [0.5, 0.6) is 0 Å². The molecule has 5 nitrogen and oxygen atoms in total. The number of aromatic nitrogens is 2. The predicted octanol–water partition coefficient (Wildman–Crippen LogP) is 3.36. The molecule has 1 aliphatic heterocycles. The number of ether oxygens (including phenoxy) is 1. The summed E-state index contributed by atoms with van der Waals surface area (Å²) in [7, 11) is 0. The Balaban J connectivity index is 2.22. The van der Waals surface area contributed by atoms with Crippen LogP contribution in [0.25, 0.3) is 6.20 Å². The molecule has 1 aromatic heterocycles. The summed E-state index contributed by atoms with van der Waals surface area (Å²) in [6.07, 6.45) is 3.63. The van der Waals surface area contributed by atoms with Crippen molar-refractivity contribution in [3.05, 3.63) is 23.5 Å². The zero-order chi connectivity index (χ0) is 15.8. The number of aryl methyl sites for hydroxylation is 1. The molecule has 2 heterocycles. The highest BCUT2D eigenvalue weighted by Crippen LogP contribution is 2.26. The Bertz CT molecular complexity index is 582. The summed E-state index contributed by atoms with van der Waals surface area (Å²) in [6.45, 7) is 9.03. The number of halogens is 1. The zero-order valence-corrected chi connectivity index (χ0v) is 13.2. The highest BCUT2D eigenvalue weighted by molar-refractivity contribution is 5.69. The Labute approximate surface area is 124 Å². The van der Waals surface area contributed by atoms with Gasteiger partial charge in [-0.1, -0.05) is 0 Å². The van der Waals surface area contributed by atoms with E-state index in [1.165, 1.54) is 6.20 Å². The SMILES string of the molecule is CC(C)(C)OC(=O)NC(C)(C)c1ncc2n1C=C(F)CC2. The number of rotatable bonds is 2. The Kier molecular flexibility index (Phi) is 3.82. The third kappa shape index (κ3) is 3.62. The van der Waals surface area contributed by atoms with E-state index in [2.05, 4.69) is 10.3 Å². The molecule has 0 aromatic carbocycles. The third-order valence-electron chi connectivity index (χ3n) is 3.14. The molecule has 0 fully saturated rings. The Morgan fingerprint density at radius 2 is 2.00 bits per heavy atom. The van der Waals surface area contributed by atoms with Crippen molar-refractivity contribution in [2.45, 2.75) is 58.6 Å². The van der Waals surface area contributed by atoms with Crippen molar-refractivity contribution in [1.82, 2.24) is 14.9 Å². The van der Waals surface area contributed by atoms with Crippen LogP contribution in [0.3, 0.4) is 0 Å². The number of nitrogens with one attached hydrogen (secondary N) is 1. The molecule has 0 atom stereocenters. The molecule has 0 saturated carbocycles. The molecule has 6 heteroatoms. The topological polar surface area (TPSA) is 56.1 Å². The Morgan fingerprint density at radius 3 is 2.62 bits per heavy atom. The summed E-state index contributed by atoms with van der Waals surface area (Å²) in [6, 6.07) is 0. The van der Waals surface area contributed by atoms with E-state index in [4.69, 9.17) is 4.74 Å². The van der Waals surface area contributed by atoms with Crippen LogP contribution in [0.1, 0.15) is 52.6 Å². The van der Waals surface area contributed by atoms with Gasteiger partial charge < -0.3 is 14.6 Å². The van der Waals surface area contributed by atoms with Gasteiger partial charge in [0.25, 0.3) is 0 Å². The molecule has 0 unspecified atom stereocenters. The van der Waals surface area contributed by atoms with Crippen LogP contribution in [0.2, 0.25) is 0 Å².